The molecular formula is C11H12FN5. The Balaban J connectivity index is 2.40. The van der Waals surface area contributed by atoms with Gasteiger partial charge in [-0.1, -0.05) is 0 Å². The smallest absolute Gasteiger partial charge is 0.141 e. The molecule has 2 aromatic heterocycles. The quantitative estimate of drug-likeness (QED) is 0.537. The Labute approximate surface area is 97.7 Å². The third-order valence-electron chi connectivity index (χ3n) is 2.41. The molecule has 0 bridgehead atoms. The summed E-state index contributed by atoms with van der Waals surface area (Å²) >= 11 is 0. The summed E-state index contributed by atoms with van der Waals surface area (Å²) in [5.74, 6) is 5.08. The molecule has 0 aromatic carbocycles. The van der Waals surface area contributed by atoms with E-state index in [2.05, 4.69) is 15.4 Å². The first-order valence-corrected chi connectivity index (χ1v) is 4.99. The van der Waals surface area contributed by atoms with Crippen LogP contribution in [-0.2, 0) is 0 Å². The van der Waals surface area contributed by atoms with Crippen LogP contribution in [0.1, 0.15) is 17.3 Å². The van der Waals surface area contributed by atoms with Crippen molar-refractivity contribution in [3.8, 4) is 0 Å². The normalized spacial score (nSPS) is 12.4. The molecule has 0 saturated heterocycles. The van der Waals surface area contributed by atoms with E-state index in [1.54, 1.807) is 24.5 Å². The average molecular weight is 233 g/mol. The minimum absolute atomic E-state index is 0.399. The first-order chi connectivity index (χ1) is 8.22. The predicted molar refractivity (Wildman–Crippen MR) is 62.0 cm³/mol. The summed E-state index contributed by atoms with van der Waals surface area (Å²) in [5.41, 5.74) is 10.2. The lowest BCUT2D eigenvalue weighted by Gasteiger charge is -2.16. The van der Waals surface area contributed by atoms with E-state index in [4.69, 9.17) is 11.6 Å². The third kappa shape index (κ3) is 2.38. The van der Waals surface area contributed by atoms with Crippen LogP contribution in [-0.4, -0.2) is 9.97 Å². The van der Waals surface area contributed by atoms with Gasteiger partial charge in [0.1, 0.15) is 5.82 Å². The van der Waals surface area contributed by atoms with Crippen molar-refractivity contribution in [1.82, 2.24) is 15.4 Å². The number of aromatic nitrogens is 2. The molecule has 0 radical (unpaired) electrons. The summed E-state index contributed by atoms with van der Waals surface area (Å²) in [6.45, 7) is 0. The largest absolute Gasteiger partial charge is 0.398 e. The van der Waals surface area contributed by atoms with Crippen molar-refractivity contribution in [3.05, 3.63) is 53.9 Å². The van der Waals surface area contributed by atoms with Gasteiger partial charge in [-0.3, -0.25) is 15.8 Å². The summed E-state index contributed by atoms with van der Waals surface area (Å²) in [5, 5.41) is 0. The van der Waals surface area contributed by atoms with E-state index in [9.17, 15) is 4.39 Å². The number of nitrogens with zero attached hydrogens (tertiary/aromatic N) is 2. The molecule has 2 aromatic rings. The topological polar surface area (TPSA) is 89.8 Å². The molecule has 5 N–H and O–H groups in total. The molecule has 1 unspecified atom stereocenters. The number of anilines is 1. The molecule has 0 spiro atoms. The van der Waals surface area contributed by atoms with Gasteiger partial charge in [0.05, 0.1) is 17.9 Å². The zero-order valence-electron chi connectivity index (χ0n) is 8.97. The van der Waals surface area contributed by atoms with Gasteiger partial charge in [0.2, 0.25) is 0 Å². The van der Waals surface area contributed by atoms with Crippen LogP contribution in [0.2, 0.25) is 0 Å². The fourth-order valence-corrected chi connectivity index (χ4v) is 1.55. The van der Waals surface area contributed by atoms with E-state index in [-0.39, 0.29) is 0 Å². The summed E-state index contributed by atoms with van der Waals surface area (Å²) < 4.78 is 12.8. The first kappa shape index (κ1) is 11.4. The average Bonchev–Trinajstić information content (AvgIpc) is 2.35. The highest BCUT2D eigenvalue weighted by Gasteiger charge is 2.16. The van der Waals surface area contributed by atoms with Gasteiger partial charge in [0.15, 0.2) is 0 Å². The van der Waals surface area contributed by atoms with Crippen molar-refractivity contribution < 1.29 is 4.39 Å². The Bertz CT molecular complexity index is 499. The Morgan fingerprint density at radius 3 is 2.65 bits per heavy atom. The van der Waals surface area contributed by atoms with E-state index in [0.717, 1.165) is 6.20 Å². The van der Waals surface area contributed by atoms with Gasteiger partial charge in [-0.05, 0) is 18.2 Å². The maximum atomic E-state index is 12.8. The second-order valence-corrected chi connectivity index (χ2v) is 3.51. The number of nitrogens with one attached hydrogen (secondary N) is 1. The van der Waals surface area contributed by atoms with Crippen LogP contribution in [0.4, 0.5) is 10.1 Å². The lowest BCUT2D eigenvalue weighted by atomic mass is 10.0. The van der Waals surface area contributed by atoms with Gasteiger partial charge in [-0.2, -0.15) is 0 Å². The van der Waals surface area contributed by atoms with Crippen LogP contribution < -0.4 is 17.0 Å². The van der Waals surface area contributed by atoms with Gasteiger partial charge in [-0.25, -0.2) is 9.82 Å². The van der Waals surface area contributed by atoms with E-state index in [1.807, 2.05) is 0 Å². The molecular weight excluding hydrogens is 221 g/mol. The van der Waals surface area contributed by atoms with Gasteiger partial charge >= 0.3 is 0 Å². The number of hydrazine groups is 1. The van der Waals surface area contributed by atoms with Crippen LogP contribution in [0.3, 0.4) is 0 Å². The Hall–Kier alpha value is -2.05. The zero-order chi connectivity index (χ0) is 12.3. The molecule has 0 fully saturated rings. The molecule has 0 saturated carbocycles. The second kappa shape index (κ2) is 4.86. The van der Waals surface area contributed by atoms with E-state index < -0.39 is 11.9 Å². The van der Waals surface area contributed by atoms with Crippen molar-refractivity contribution >= 4 is 5.69 Å². The number of nitrogens with two attached hydrogens (primary N) is 2. The molecule has 0 aliphatic carbocycles. The van der Waals surface area contributed by atoms with Gasteiger partial charge in [-0.15, -0.1) is 0 Å². The number of nitrogen functional groups attached to an aromatic ring is 1. The third-order valence-corrected chi connectivity index (χ3v) is 2.41. The lowest BCUT2D eigenvalue weighted by molar-refractivity contribution is 0.596. The van der Waals surface area contributed by atoms with Gasteiger partial charge in [0, 0.05) is 23.6 Å². The van der Waals surface area contributed by atoms with Crippen LogP contribution in [0, 0.1) is 5.82 Å². The number of hydrogen-bond acceptors (Lipinski definition) is 5. The van der Waals surface area contributed by atoms with Crippen LogP contribution in [0.5, 0.6) is 0 Å². The van der Waals surface area contributed by atoms with Crippen molar-refractivity contribution in [2.24, 2.45) is 5.84 Å². The maximum absolute atomic E-state index is 12.8. The standard InChI is InChI=1S/C11H12FN5/c12-7-1-2-10(16-5-7)11(17-14)8-6-15-4-3-9(8)13/h1-6,11,17H,14H2,(H2,13,15). The molecule has 0 amide bonds. The highest BCUT2D eigenvalue weighted by molar-refractivity contribution is 5.48. The molecule has 5 nitrogen and oxygen atoms in total. The number of pyridine rings is 2. The summed E-state index contributed by atoms with van der Waals surface area (Å²) in [7, 11) is 0. The van der Waals surface area contributed by atoms with Crippen LogP contribution >= 0.6 is 0 Å². The number of hydrogen-bond donors (Lipinski definition) is 3. The number of halogens is 1. The molecule has 88 valence electrons. The molecule has 0 aliphatic heterocycles. The van der Waals surface area contributed by atoms with Crippen LogP contribution in [0.25, 0.3) is 0 Å². The van der Waals surface area contributed by atoms with E-state index in [0.29, 0.717) is 16.9 Å². The Morgan fingerprint density at radius 1 is 1.24 bits per heavy atom. The van der Waals surface area contributed by atoms with E-state index >= 15 is 0 Å². The number of rotatable bonds is 3. The highest BCUT2D eigenvalue weighted by Crippen LogP contribution is 2.23. The minimum Gasteiger partial charge on any atom is -0.398 e. The van der Waals surface area contributed by atoms with Crippen molar-refractivity contribution in [1.29, 1.82) is 0 Å². The minimum atomic E-state index is -0.413. The molecule has 2 heterocycles. The summed E-state index contributed by atoms with van der Waals surface area (Å²) in [6, 6.07) is 4.12. The predicted octanol–water partition coefficient (Wildman–Crippen LogP) is 0.751. The fourth-order valence-electron chi connectivity index (χ4n) is 1.55. The Kier molecular flexibility index (Phi) is 3.27. The van der Waals surface area contributed by atoms with Crippen molar-refractivity contribution in [3.63, 3.8) is 0 Å². The van der Waals surface area contributed by atoms with Crippen LogP contribution in [0.15, 0.2) is 36.8 Å². The van der Waals surface area contributed by atoms with Crippen molar-refractivity contribution in [2.75, 3.05) is 5.73 Å². The first-order valence-electron chi connectivity index (χ1n) is 4.99. The van der Waals surface area contributed by atoms with Gasteiger partial charge in [0.25, 0.3) is 0 Å². The summed E-state index contributed by atoms with van der Waals surface area (Å²) in [4.78, 5) is 7.95. The lowest BCUT2D eigenvalue weighted by Crippen LogP contribution is -2.30. The fraction of sp³-hybridized carbons (Fsp3) is 0.0909. The highest BCUT2D eigenvalue weighted by atomic mass is 19.1. The molecule has 2 rings (SSSR count). The monoisotopic (exact) mass is 233 g/mol. The van der Waals surface area contributed by atoms with Gasteiger partial charge < -0.3 is 5.73 Å². The van der Waals surface area contributed by atoms with E-state index in [1.165, 1.54) is 6.07 Å². The SMILES string of the molecule is NNC(c1ccc(F)cn1)c1cnccc1N. The molecule has 17 heavy (non-hydrogen) atoms. The van der Waals surface area contributed by atoms with Crippen molar-refractivity contribution in [2.45, 2.75) is 6.04 Å². The second-order valence-electron chi connectivity index (χ2n) is 3.51. The maximum Gasteiger partial charge on any atom is 0.141 e. The zero-order valence-corrected chi connectivity index (χ0v) is 8.97. The molecule has 6 heteroatoms. The molecule has 0 aliphatic rings. The Morgan fingerprint density at radius 2 is 2.06 bits per heavy atom. The summed E-state index contributed by atoms with van der Waals surface area (Å²) in [6.07, 6.45) is 4.32. The molecule has 1 atom stereocenters.